The smallest absolute Gasteiger partial charge is 0.280 e. The maximum atomic E-state index is 13.3. The van der Waals surface area contributed by atoms with Crippen molar-refractivity contribution >= 4 is 22.9 Å². The van der Waals surface area contributed by atoms with Gasteiger partial charge >= 0.3 is 0 Å². The molecule has 0 unspecified atom stereocenters. The summed E-state index contributed by atoms with van der Waals surface area (Å²) in [5.74, 6) is 0.550. The molecule has 0 saturated heterocycles. The van der Waals surface area contributed by atoms with Crippen LogP contribution in [0.15, 0.2) is 89.2 Å². The summed E-state index contributed by atoms with van der Waals surface area (Å²) in [5.41, 5.74) is 4.91. The monoisotopic (exact) mass is 411 g/mol. The minimum Gasteiger partial charge on any atom is -0.497 e. The lowest BCUT2D eigenvalue weighted by Crippen LogP contribution is -2.35. The van der Waals surface area contributed by atoms with Crippen LogP contribution < -0.4 is 15.7 Å². The van der Waals surface area contributed by atoms with Crippen LogP contribution in [-0.2, 0) is 4.79 Å². The number of benzene rings is 3. The summed E-state index contributed by atoms with van der Waals surface area (Å²) in [6.45, 7) is 1.70. The first kappa shape index (κ1) is 20.1. The average Bonchev–Trinajstić information content (AvgIpc) is 2.81. The number of amides is 1. The van der Waals surface area contributed by atoms with Gasteiger partial charge in [-0.05, 0) is 42.8 Å². The van der Waals surface area contributed by atoms with E-state index in [-0.39, 0.29) is 5.56 Å². The summed E-state index contributed by atoms with van der Waals surface area (Å²) in [6.07, 6.45) is 1.76. The summed E-state index contributed by atoms with van der Waals surface area (Å²) in [7, 11) is 1.57. The van der Waals surface area contributed by atoms with E-state index in [0.29, 0.717) is 33.6 Å². The van der Waals surface area contributed by atoms with Crippen molar-refractivity contribution in [3.63, 3.8) is 0 Å². The van der Waals surface area contributed by atoms with Gasteiger partial charge < -0.3 is 4.74 Å². The maximum Gasteiger partial charge on any atom is 0.280 e. The molecular formula is C25H21N3O3. The molecular weight excluding hydrogens is 390 g/mol. The highest BCUT2D eigenvalue weighted by molar-refractivity contribution is 6.02. The van der Waals surface area contributed by atoms with E-state index in [1.165, 1.54) is 4.68 Å². The zero-order valence-electron chi connectivity index (χ0n) is 17.2. The number of hydrogen-bond acceptors (Lipinski definition) is 4. The van der Waals surface area contributed by atoms with E-state index in [1.54, 1.807) is 50.4 Å². The molecule has 0 fully saturated rings. The number of ether oxygens (including phenoxy) is 1. The normalized spacial score (nSPS) is 11.4. The number of fused-ring (bicyclic) bond motifs is 1. The Labute approximate surface area is 179 Å². The second-order valence-corrected chi connectivity index (χ2v) is 7.00. The summed E-state index contributed by atoms with van der Waals surface area (Å²) in [4.78, 5) is 30.8. The highest BCUT2D eigenvalue weighted by Crippen LogP contribution is 2.23. The highest BCUT2D eigenvalue weighted by atomic mass is 16.5. The molecule has 31 heavy (non-hydrogen) atoms. The fourth-order valence-corrected chi connectivity index (χ4v) is 3.25. The predicted molar refractivity (Wildman–Crippen MR) is 122 cm³/mol. The lowest BCUT2D eigenvalue weighted by atomic mass is 10.1. The van der Waals surface area contributed by atoms with Crippen molar-refractivity contribution in [2.45, 2.75) is 6.92 Å². The molecule has 154 valence electrons. The molecule has 1 heterocycles. The first-order valence-corrected chi connectivity index (χ1v) is 9.78. The quantitative estimate of drug-likeness (QED) is 0.499. The van der Waals surface area contributed by atoms with Crippen LogP contribution in [0.25, 0.3) is 28.4 Å². The van der Waals surface area contributed by atoms with Crippen LogP contribution >= 0.6 is 0 Å². The fraction of sp³-hybridized carbons (Fsp3) is 0.0800. The Morgan fingerprint density at radius 2 is 1.74 bits per heavy atom. The summed E-state index contributed by atoms with van der Waals surface area (Å²) >= 11 is 0. The molecule has 3 aromatic carbocycles. The Morgan fingerprint density at radius 3 is 2.52 bits per heavy atom. The lowest BCUT2D eigenvalue weighted by Gasteiger charge is -2.15. The standard InChI is InChI=1S/C25H21N3O3/c1-17(15-18-9-4-3-5-10-18)24(29)27-28-23(19-11-8-12-20(16-19)31-2)26-22-14-7-6-13-21(22)25(28)30/h3-16H,1-2H3,(H,27,29)/b17-15+. The third-order valence-electron chi connectivity index (χ3n) is 4.86. The summed E-state index contributed by atoms with van der Waals surface area (Å²) in [6, 6.07) is 23.8. The number of carbonyl (C=O) groups excluding carboxylic acids is 1. The van der Waals surface area contributed by atoms with Gasteiger partial charge in [0.25, 0.3) is 11.5 Å². The first-order valence-electron chi connectivity index (χ1n) is 9.78. The number of carbonyl (C=O) groups is 1. The third kappa shape index (κ3) is 4.23. The van der Waals surface area contributed by atoms with Gasteiger partial charge in [0.2, 0.25) is 0 Å². The van der Waals surface area contributed by atoms with Crippen LogP contribution in [-0.4, -0.2) is 22.7 Å². The van der Waals surface area contributed by atoms with Crippen LogP contribution in [0.2, 0.25) is 0 Å². The second kappa shape index (κ2) is 8.67. The zero-order valence-corrected chi connectivity index (χ0v) is 17.2. The first-order chi connectivity index (χ1) is 15.1. The van der Waals surface area contributed by atoms with E-state index in [2.05, 4.69) is 10.4 Å². The molecule has 0 spiro atoms. The molecule has 6 heteroatoms. The van der Waals surface area contributed by atoms with Gasteiger partial charge in [0.15, 0.2) is 5.82 Å². The Hall–Kier alpha value is -4.19. The largest absolute Gasteiger partial charge is 0.497 e. The van der Waals surface area contributed by atoms with Crippen LogP contribution in [0.3, 0.4) is 0 Å². The van der Waals surface area contributed by atoms with Gasteiger partial charge in [-0.1, -0.05) is 54.6 Å². The van der Waals surface area contributed by atoms with Crippen molar-refractivity contribution in [3.8, 4) is 17.1 Å². The van der Waals surface area contributed by atoms with Crippen LogP contribution in [0.1, 0.15) is 12.5 Å². The zero-order chi connectivity index (χ0) is 21.8. The van der Waals surface area contributed by atoms with Crippen LogP contribution in [0.5, 0.6) is 5.75 Å². The molecule has 0 bridgehead atoms. The lowest BCUT2D eigenvalue weighted by molar-refractivity contribution is -0.113. The number of para-hydroxylation sites is 1. The molecule has 0 radical (unpaired) electrons. The van der Waals surface area contributed by atoms with Gasteiger partial charge in [0.1, 0.15) is 5.75 Å². The number of nitrogens with zero attached hydrogens (tertiary/aromatic N) is 2. The van der Waals surface area contributed by atoms with Gasteiger partial charge in [0.05, 0.1) is 18.0 Å². The number of rotatable bonds is 5. The molecule has 1 aromatic heterocycles. The molecule has 1 N–H and O–H groups in total. The molecule has 4 rings (SSSR count). The minimum atomic E-state index is -0.396. The molecule has 0 saturated carbocycles. The van der Waals surface area contributed by atoms with Gasteiger partial charge in [-0.15, -0.1) is 0 Å². The third-order valence-corrected chi connectivity index (χ3v) is 4.86. The van der Waals surface area contributed by atoms with Crippen LogP contribution in [0.4, 0.5) is 0 Å². The second-order valence-electron chi connectivity index (χ2n) is 7.00. The van der Waals surface area contributed by atoms with E-state index in [0.717, 1.165) is 5.56 Å². The Bertz CT molecular complexity index is 1340. The van der Waals surface area contributed by atoms with Gasteiger partial charge in [-0.2, -0.15) is 4.68 Å². The number of aromatic nitrogens is 2. The minimum absolute atomic E-state index is 0.323. The van der Waals surface area contributed by atoms with Crippen molar-refractivity contribution in [3.05, 3.63) is 100 Å². The molecule has 4 aromatic rings. The van der Waals surface area contributed by atoms with Crippen molar-refractivity contribution in [2.75, 3.05) is 12.5 Å². The van der Waals surface area contributed by atoms with E-state index in [4.69, 9.17) is 4.74 Å². The number of hydrogen-bond donors (Lipinski definition) is 1. The van der Waals surface area contributed by atoms with Crippen molar-refractivity contribution < 1.29 is 9.53 Å². The Morgan fingerprint density at radius 1 is 1.00 bits per heavy atom. The van der Waals surface area contributed by atoms with E-state index in [9.17, 15) is 9.59 Å². The number of nitrogens with one attached hydrogen (secondary N) is 1. The van der Waals surface area contributed by atoms with Gasteiger partial charge in [-0.3, -0.25) is 15.0 Å². The van der Waals surface area contributed by atoms with Gasteiger partial charge in [-0.25, -0.2) is 4.98 Å². The highest BCUT2D eigenvalue weighted by Gasteiger charge is 2.16. The molecule has 6 nitrogen and oxygen atoms in total. The molecule has 1 amide bonds. The van der Waals surface area contributed by atoms with E-state index < -0.39 is 5.91 Å². The molecule has 0 aliphatic rings. The Balaban J connectivity index is 1.82. The Kier molecular flexibility index (Phi) is 5.62. The topological polar surface area (TPSA) is 73.2 Å². The summed E-state index contributed by atoms with van der Waals surface area (Å²) in [5, 5.41) is 0.416. The SMILES string of the molecule is COc1cccc(-c2nc3ccccc3c(=O)n2NC(=O)/C(C)=C/c2ccccc2)c1. The summed E-state index contributed by atoms with van der Waals surface area (Å²) < 4.78 is 6.50. The van der Waals surface area contributed by atoms with Crippen molar-refractivity contribution in [1.29, 1.82) is 0 Å². The van der Waals surface area contributed by atoms with E-state index >= 15 is 0 Å². The van der Waals surface area contributed by atoms with E-state index in [1.807, 2.05) is 48.5 Å². The van der Waals surface area contributed by atoms with Crippen LogP contribution in [0, 0.1) is 0 Å². The number of methoxy groups -OCH3 is 1. The molecule has 0 atom stereocenters. The van der Waals surface area contributed by atoms with Crippen molar-refractivity contribution in [1.82, 2.24) is 9.66 Å². The van der Waals surface area contributed by atoms with Crippen molar-refractivity contribution in [2.24, 2.45) is 0 Å². The molecule has 0 aliphatic carbocycles. The van der Waals surface area contributed by atoms with Gasteiger partial charge in [0, 0.05) is 11.1 Å². The maximum absolute atomic E-state index is 13.3. The average molecular weight is 411 g/mol. The molecule has 0 aliphatic heterocycles. The fourth-order valence-electron chi connectivity index (χ4n) is 3.25. The predicted octanol–water partition coefficient (Wildman–Crippen LogP) is 4.25.